The Labute approximate surface area is 114 Å². The summed E-state index contributed by atoms with van der Waals surface area (Å²) in [6.45, 7) is 0. The van der Waals surface area contributed by atoms with Gasteiger partial charge in [0.15, 0.2) is 0 Å². The first-order valence-corrected chi connectivity index (χ1v) is 7.35. The van der Waals surface area contributed by atoms with Crippen LogP contribution in [0.3, 0.4) is 0 Å². The maximum atomic E-state index is 11.8. The molecule has 0 atom stereocenters. The molecule has 102 valence electrons. The number of aromatic nitrogens is 1. The highest BCUT2D eigenvalue weighted by Gasteiger charge is 2.23. The number of anilines is 1. The summed E-state index contributed by atoms with van der Waals surface area (Å²) in [7, 11) is 0. The van der Waals surface area contributed by atoms with E-state index in [0.29, 0.717) is 17.6 Å². The first-order valence-electron chi connectivity index (χ1n) is 7.35. The van der Waals surface area contributed by atoms with Gasteiger partial charge in [-0.3, -0.25) is 4.79 Å². The molecule has 0 aliphatic heterocycles. The molecule has 1 heterocycles. The van der Waals surface area contributed by atoms with Gasteiger partial charge in [-0.25, -0.2) is 4.98 Å². The van der Waals surface area contributed by atoms with E-state index in [1.165, 1.54) is 32.1 Å². The van der Waals surface area contributed by atoms with Gasteiger partial charge in [-0.15, -0.1) is 0 Å². The highest BCUT2D eigenvalue weighted by atomic mass is 16.1. The molecule has 1 amide bonds. The van der Waals surface area contributed by atoms with E-state index in [1.807, 2.05) is 12.1 Å². The van der Waals surface area contributed by atoms with Crippen molar-refractivity contribution in [2.75, 3.05) is 5.32 Å². The lowest BCUT2D eigenvalue weighted by molar-refractivity contribution is 0.0951. The summed E-state index contributed by atoms with van der Waals surface area (Å²) in [5, 5.41) is 6.43. The number of pyridine rings is 1. The van der Waals surface area contributed by atoms with Crippen LogP contribution in [0.15, 0.2) is 18.3 Å². The zero-order chi connectivity index (χ0) is 13.1. The molecule has 2 N–H and O–H groups in total. The van der Waals surface area contributed by atoms with Crippen LogP contribution in [0.4, 0.5) is 5.82 Å². The van der Waals surface area contributed by atoms with Crippen LogP contribution in [0, 0.1) is 0 Å². The molecule has 4 heteroatoms. The second-order valence-corrected chi connectivity index (χ2v) is 5.66. The minimum Gasteiger partial charge on any atom is -0.367 e. The molecule has 2 saturated carbocycles. The highest BCUT2D eigenvalue weighted by Crippen LogP contribution is 2.21. The van der Waals surface area contributed by atoms with E-state index in [1.54, 1.807) is 6.20 Å². The Morgan fingerprint density at radius 3 is 2.47 bits per heavy atom. The van der Waals surface area contributed by atoms with Crippen LogP contribution >= 0.6 is 0 Å². The Bertz CT molecular complexity index is 433. The molecule has 4 nitrogen and oxygen atoms in total. The molecular formula is C15H21N3O. The monoisotopic (exact) mass is 259 g/mol. The van der Waals surface area contributed by atoms with Gasteiger partial charge in [0.25, 0.3) is 5.91 Å². The molecule has 0 saturated heterocycles. The summed E-state index contributed by atoms with van der Waals surface area (Å²) in [4.78, 5) is 16.2. The zero-order valence-electron chi connectivity index (χ0n) is 11.2. The third-order valence-electron chi connectivity index (χ3n) is 3.90. The molecule has 0 radical (unpaired) electrons. The number of nitrogens with one attached hydrogen (secondary N) is 2. The number of carbonyl (C=O) groups excluding carboxylic acids is 1. The van der Waals surface area contributed by atoms with E-state index < -0.39 is 0 Å². The predicted molar refractivity (Wildman–Crippen MR) is 75.2 cm³/mol. The predicted octanol–water partition coefficient (Wildman–Crippen LogP) is 2.72. The van der Waals surface area contributed by atoms with Crippen molar-refractivity contribution in [1.82, 2.24) is 10.3 Å². The van der Waals surface area contributed by atoms with E-state index in [-0.39, 0.29) is 5.91 Å². The summed E-state index contributed by atoms with van der Waals surface area (Å²) in [5.41, 5.74) is 0.654. The lowest BCUT2D eigenvalue weighted by atomic mass is 9.95. The number of amides is 1. The molecule has 19 heavy (non-hydrogen) atoms. The summed E-state index contributed by atoms with van der Waals surface area (Å²) in [6, 6.07) is 4.71. The number of nitrogens with zero attached hydrogens (tertiary/aromatic N) is 1. The summed E-state index contributed by atoms with van der Waals surface area (Å²) in [6.07, 6.45) is 10.3. The van der Waals surface area contributed by atoms with Gasteiger partial charge in [0.1, 0.15) is 5.82 Å². The third kappa shape index (κ3) is 3.46. The number of rotatable bonds is 4. The van der Waals surface area contributed by atoms with Crippen molar-refractivity contribution >= 4 is 11.7 Å². The normalized spacial score (nSPS) is 20.0. The van der Waals surface area contributed by atoms with Gasteiger partial charge in [-0.05, 0) is 37.8 Å². The fourth-order valence-corrected chi connectivity index (χ4v) is 2.57. The minimum atomic E-state index is -0.000726. The maximum Gasteiger partial charge on any atom is 0.253 e. The van der Waals surface area contributed by atoms with Crippen LogP contribution in [-0.2, 0) is 0 Å². The van der Waals surface area contributed by atoms with Crippen LogP contribution in [0.25, 0.3) is 0 Å². The molecule has 0 bridgehead atoms. The van der Waals surface area contributed by atoms with Crippen molar-refractivity contribution in [2.24, 2.45) is 0 Å². The van der Waals surface area contributed by atoms with Crippen molar-refractivity contribution in [1.29, 1.82) is 0 Å². The standard InChI is InChI=1S/C15H21N3O/c19-15(18-13-7-8-13)11-6-9-14(16-10-11)17-12-4-2-1-3-5-12/h6,9-10,12-13H,1-5,7-8H2,(H,16,17)(H,18,19). The van der Waals surface area contributed by atoms with E-state index >= 15 is 0 Å². The largest absolute Gasteiger partial charge is 0.367 e. The molecule has 0 unspecified atom stereocenters. The highest BCUT2D eigenvalue weighted by molar-refractivity contribution is 5.94. The zero-order valence-corrected chi connectivity index (χ0v) is 11.2. The maximum absolute atomic E-state index is 11.8. The van der Waals surface area contributed by atoms with E-state index in [0.717, 1.165) is 18.7 Å². The number of hydrogen-bond acceptors (Lipinski definition) is 3. The summed E-state index contributed by atoms with van der Waals surface area (Å²) >= 11 is 0. The molecule has 3 rings (SSSR count). The van der Waals surface area contributed by atoms with E-state index in [9.17, 15) is 4.79 Å². The van der Waals surface area contributed by atoms with Gasteiger partial charge in [0, 0.05) is 18.3 Å². The number of carbonyl (C=O) groups is 1. The summed E-state index contributed by atoms with van der Waals surface area (Å²) < 4.78 is 0. The topological polar surface area (TPSA) is 54.0 Å². The van der Waals surface area contributed by atoms with Gasteiger partial charge >= 0.3 is 0 Å². The Balaban J connectivity index is 1.56. The average Bonchev–Trinajstić information content (AvgIpc) is 3.25. The van der Waals surface area contributed by atoms with Crippen molar-refractivity contribution < 1.29 is 4.79 Å². The minimum absolute atomic E-state index is 0.000726. The Hall–Kier alpha value is -1.58. The van der Waals surface area contributed by atoms with E-state index in [2.05, 4.69) is 15.6 Å². The first kappa shape index (κ1) is 12.5. The molecule has 2 aliphatic carbocycles. The third-order valence-corrected chi connectivity index (χ3v) is 3.90. The van der Waals surface area contributed by atoms with Crippen molar-refractivity contribution in [3.63, 3.8) is 0 Å². The molecule has 0 aromatic carbocycles. The SMILES string of the molecule is O=C(NC1CC1)c1ccc(NC2CCCCC2)nc1. The van der Waals surface area contributed by atoms with Gasteiger partial charge in [-0.2, -0.15) is 0 Å². The van der Waals surface area contributed by atoms with Gasteiger partial charge in [0.2, 0.25) is 0 Å². The molecule has 1 aromatic heterocycles. The van der Waals surface area contributed by atoms with Gasteiger partial charge in [-0.1, -0.05) is 19.3 Å². The van der Waals surface area contributed by atoms with Gasteiger partial charge in [0.05, 0.1) is 5.56 Å². The average molecular weight is 259 g/mol. The molecule has 2 aliphatic rings. The van der Waals surface area contributed by atoms with E-state index in [4.69, 9.17) is 0 Å². The lowest BCUT2D eigenvalue weighted by Gasteiger charge is -2.23. The van der Waals surface area contributed by atoms with Crippen LogP contribution in [0.5, 0.6) is 0 Å². The molecular weight excluding hydrogens is 238 g/mol. The molecule has 0 spiro atoms. The van der Waals surface area contributed by atoms with Crippen molar-refractivity contribution in [3.05, 3.63) is 23.9 Å². The van der Waals surface area contributed by atoms with Crippen LogP contribution < -0.4 is 10.6 Å². The fraction of sp³-hybridized carbons (Fsp3) is 0.600. The lowest BCUT2D eigenvalue weighted by Crippen LogP contribution is -2.26. The second kappa shape index (κ2) is 5.59. The quantitative estimate of drug-likeness (QED) is 0.874. The second-order valence-electron chi connectivity index (χ2n) is 5.66. The molecule has 2 fully saturated rings. The molecule has 1 aromatic rings. The van der Waals surface area contributed by atoms with Crippen LogP contribution in [0.2, 0.25) is 0 Å². The Kier molecular flexibility index (Phi) is 3.67. The van der Waals surface area contributed by atoms with Crippen molar-refractivity contribution in [2.45, 2.75) is 57.0 Å². The van der Waals surface area contributed by atoms with Crippen LogP contribution in [0.1, 0.15) is 55.3 Å². The fourth-order valence-electron chi connectivity index (χ4n) is 2.57. The van der Waals surface area contributed by atoms with Crippen LogP contribution in [-0.4, -0.2) is 23.0 Å². The number of hydrogen-bond donors (Lipinski definition) is 2. The van der Waals surface area contributed by atoms with Gasteiger partial charge < -0.3 is 10.6 Å². The van der Waals surface area contributed by atoms with Crippen molar-refractivity contribution in [3.8, 4) is 0 Å². The smallest absolute Gasteiger partial charge is 0.253 e. The Morgan fingerprint density at radius 2 is 1.84 bits per heavy atom. The Morgan fingerprint density at radius 1 is 1.05 bits per heavy atom. The summed E-state index contributed by atoms with van der Waals surface area (Å²) in [5.74, 6) is 0.883. The first-order chi connectivity index (χ1) is 9.31.